The second kappa shape index (κ2) is 8.51. The van der Waals surface area contributed by atoms with E-state index in [1.807, 2.05) is 12.1 Å². The predicted octanol–water partition coefficient (Wildman–Crippen LogP) is 3.64. The zero-order valence-corrected chi connectivity index (χ0v) is 12.9. The second-order valence-electron chi connectivity index (χ2n) is 4.90. The number of carbonyl (C=O) groups is 1. The van der Waals surface area contributed by atoms with Crippen molar-refractivity contribution in [2.24, 2.45) is 0 Å². The number of nitrogens with one attached hydrogen (secondary N) is 2. The van der Waals surface area contributed by atoms with Crippen LogP contribution in [-0.2, 0) is 11.2 Å². The maximum absolute atomic E-state index is 12.8. The maximum Gasteiger partial charge on any atom is 0.225 e. The Morgan fingerprint density at radius 1 is 1.05 bits per heavy atom. The Balaban J connectivity index is 1.63. The number of rotatable bonds is 7. The zero-order chi connectivity index (χ0) is 15.8. The molecule has 22 heavy (non-hydrogen) atoms. The molecule has 2 aromatic carbocycles. The molecular formula is C17H18ClFN2O. The summed E-state index contributed by atoms with van der Waals surface area (Å²) in [4.78, 5) is 11.8. The molecule has 0 aliphatic rings. The van der Waals surface area contributed by atoms with Crippen LogP contribution >= 0.6 is 11.6 Å². The normalized spacial score (nSPS) is 10.5. The molecule has 2 aromatic rings. The number of para-hydroxylation sites is 1. The molecule has 0 fully saturated rings. The highest BCUT2D eigenvalue weighted by Gasteiger charge is 2.04. The summed E-state index contributed by atoms with van der Waals surface area (Å²) < 4.78 is 12.8. The molecule has 5 heteroatoms. The first kappa shape index (κ1) is 16.5. The van der Waals surface area contributed by atoms with Crippen LogP contribution in [0, 0.1) is 5.82 Å². The minimum atomic E-state index is -0.229. The maximum atomic E-state index is 12.8. The Morgan fingerprint density at radius 3 is 2.50 bits per heavy atom. The van der Waals surface area contributed by atoms with Gasteiger partial charge in [0.2, 0.25) is 5.91 Å². The Hall–Kier alpha value is -1.91. The molecule has 0 aliphatic carbocycles. The minimum absolute atomic E-state index is 0.0811. The summed E-state index contributed by atoms with van der Waals surface area (Å²) in [7, 11) is 0. The molecule has 0 atom stereocenters. The van der Waals surface area contributed by atoms with Crippen molar-refractivity contribution >= 4 is 23.2 Å². The van der Waals surface area contributed by atoms with Gasteiger partial charge in [-0.15, -0.1) is 0 Å². The van der Waals surface area contributed by atoms with Crippen molar-refractivity contribution in [2.75, 3.05) is 18.4 Å². The SMILES string of the molecule is O=C(CCNCCc1ccc(F)cc1)Nc1ccccc1Cl. The molecule has 0 spiro atoms. The van der Waals surface area contributed by atoms with Crippen LogP contribution in [0.1, 0.15) is 12.0 Å². The van der Waals surface area contributed by atoms with Crippen LogP contribution in [0.25, 0.3) is 0 Å². The Bertz CT molecular complexity index is 616. The molecular weight excluding hydrogens is 303 g/mol. The lowest BCUT2D eigenvalue weighted by atomic mass is 10.1. The fraction of sp³-hybridized carbons (Fsp3) is 0.235. The molecule has 3 nitrogen and oxygen atoms in total. The van der Waals surface area contributed by atoms with E-state index in [4.69, 9.17) is 11.6 Å². The van der Waals surface area contributed by atoms with Gasteiger partial charge in [-0.05, 0) is 42.8 Å². The van der Waals surface area contributed by atoms with Crippen LogP contribution in [0.3, 0.4) is 0 Å². The van der Waals surface area contributed by atoms with Gasteiger partial charge >= 0.3 is 0 Å². The quantitative estimate of drug-likeness (QED) is 0.765. The summed E-state index contributed by atoms with van der Waals surface area (Å²) in [6, 6.07) is 13.6. The molecule has 0 bridgehead atoms. The Labute approximate surface area is 134 Å². The van der Waals surface area contributed by atoms with E-state index >= 15 is 0 Å². The second-order valence-corrected chi connectivity index (χ2v) is 5.31. The van der Waals surface area contributed by atoms with Gasteiger partial charge < -0.3 is 10.6 Å². The topological polar surface area (TPSA) is 41.1 Å². The van der Waals surface area contributed by atoms with E-state index in [1.54, 1.807) is 24.3 Å². The van der Waals surface area contributed by atoms with Crippen molar-refractivity contribution in [1.82, 2.24) is 5.32 Å². The summed E-state index contributed by atoms with van der Waals surface area (Å²) in [5.41, 5.74) is 1.69. The lowest BCUT2D eigenvalue weighted by molar-refractivity contribution is -0.116. The van der Waals surface area contributed by atoms with E-state index in [-0.39, 0.29) is 11.7 Å². The molecule has 116 valence electrons. The molecule has 1 amide bonds. The van der Waals surface area contributed by atoms with Crippen molar-refractivity contribution in [1.29, 1.82) is 0 Å². The number of hydrogen-bond donors (Lipinski definition) is 2. The molecule has 0 aromatic heterocycles. The average Bonchev–Trinajstić information content (AvgIpc) is 2.51. The molecule has 0 unspecified atom stereocenters. The average molecular weight is 321 g/mol. The summed E-state index contributed by atoms with van der Waals surface area (Å²) in [6.45, 7) is 1.32. The molecule has 0 saturated carbocycles. The van der Waals surface area contributed by atoms with Gasteiger partial charge in [-0.2, -0.15) is 0 Å². The molecule has 0 heterocycles. The van der Waals surface area contributed by atoms with Gasteiger partial charge in [-0.25, -0.2) is 4.39 Å². The van der Waals surface area contributed by atoms with E-state index in [9.17, 15) is 9.18 Å². The van der Waals surface area contributed by atoms with Crippen LogP contribution < -0.4 is 10.6 Å². The van der Waals surface area contributed by atoms with Crippen molar-refractivity contribution in [3.63, 3.8) is 0 Å². The highest BCUT2D eigenvalue weighted by atomic mass is 35.5. The van der Waals surface area contributed by atoms with Gasteiger partial charge in [0.1, 0.15) is 5.82 Å². The van der Waals surface area contributed by atoms with Crippen LogP contribution in [-0.4, -0.2) is 19.0 Å². The summed E-state index contributed by atoms with van der Waals surface area (Å²) in [5.74, 6) is -0.310. The van der Waals surface area contributed by atoms with Gasteiger partial charge in [0.25, 0.3) is 0 Å². The standard InChI is InChI=1S/C17H18ClFN2O/c18-15-3-1-2-4-16(15)21-17(22)10-12-20-11-9-13-5-7-14(19)8-6-13/h1-8,20H,9-12H2,(H,21,22). The molecule has 0 saturated heterocycles. The summed E-state index contributed by atoms with van der Waals surface area (Å²) >= 11 is 5.97. The number of benzene rings is 2. The van der Waals surface area contributed by atoms with Crippen LogP contribution in [0.2, 0.25) is 5.02 Å². The number of amides is 1. The molecule has 0 aliphatic heterocycles. The first-order valence-electron chi connectivity index (χ1n) is 7.15. The Morgan fingerprint density at radius 2 is 1.77 bits per heavy atom. The monoisotopic (exact) mass is 320 g/mol. The predicted molar refractivity (Wildman–Crippen MR) is 87.7 cm³/mol. The van der Waals surface area contributed by atoms with Gasteiger partial charge in [0.05, 0.1) is 10.7 Å². The molecule has 0 radical (unpaired) electrons. The van der Waals surface area contributed by atoms with Crippen LogP contribution in [0.5, 0.6) is 0 Å². The number of carbonyl (C=O) groups excluding carboxylic acids is 1. The largest absolute Gasteiger partial charge is 0.325 e. The van der Waals surface area contributed by atoms with Crippen molar-refractivity contribution < 1.29 is 9.18 Å². The first-order valence-corrected chi connectivity index (χ1v) is 7.52. The third-order valence-electron chi connectivity index (χ3n) is 3.18. The van der Waals surface area contributed by atoms with E-state index in [1.165, 1.54) is 12.1 Å². The fourth-order valence-electron chi connectivity index (χ4n) is 1.99. The number of halogens is 2. The first-order chi connectivity index (χ1) is 10.6. The zero-order valence-electron chi connectivity index (χ0n) is 12.1. The van der Waals surface area contributed by atoms with Gasteiger partial charge in [0, 0.05) is 13.0 Å². The fourth-order valence-corrected chi connectivity index (χ4v) is 2.17. The van der Waals surface area contributed by atoms with Gasteiger partial charge in [-0.3, -0.25) is 4.79 Å². The van der Waals surface area contributed by atoms with Crippen LogP contribution in [0.4, 0.5) is 10.1 Å². The van der Waals surface area contributed by atoms with Gasteiger partial charge in [0.15, 0.2) is 0 Å². The van der Waals surface area contributed by atoms with Crippen molar-refractivity contribution in [3.05, 3.63) is 64.9 Å². The smallest absolute Gasteiger partial charge is 0.225 e. The van der Waals surface area contributed by atoms with E-state index in [0.717, 1.165) is 18.5 Å². The highest BCUT2D eigenvalue weighted by molar-refractivity contribution is 6.33. The third kappa shape index (κ3) is 5.47. The van der Waals surface area contributed by atoms with Crippen LogP contribution in [0.15, 0.2) is 48.5 Å². The molecule has 2 N–H and O–H groups in total. The van der Waals surface area contributed by atoms with Gasteiger partial charge in [-0.1, -0.05) is 35.9 Å². The van der Waals surface area contributed by atoms with E-state index < -0.39 is 0 Å². The third-order valence-corrected chi connectivity index (χ3v) is 3.51. The minimum Gasteiger partial charge on any atom is -0.325 e. The summed E-state index contributed by atoms with van der Waals surface area (Å²) in [6.07, 6.45) is 1.17. The summed E-state index contributed by atoms with van der Waals surface area (Å²) in [5, 5.41) is 6.49. The lowest BCUT2D eigenvalue weighted by Crippen LogP contribution is -2.23. The molecule has 2 rings (SSSR count). The highest BCUT2D eigenvalue weighted by Crippen LogP contribution is 2.20. The Kier molecular flexibility index (Phi) is 6.37. The van der Waals surface area contributed by atoms with E-state index in [2.05, 4.69) is 10.6 Å². The number of anilines is 1. The van der Waals surface area contributed by atoms with E-state index in [0.29, 0.717) is 23.7 Å². The number of hydrogen-bond acceptors (Lipinski definition) is 2. The van der Waals surface area contributed by atoms with Crippen molar-refractivity contribution in [2.45, 2.75) is 12.8 Å². The van der Waals surface area contributed by atoms with Crippen molar-refractivity contribution in [3.8, 4) is 0 Å². The lowest BCUT2D eigenvalue weighted by Gasteiger charge is -2.08.